The molecule has 19 heavy (non-hydrogen) atoms. The Labute approximate surface area is 118 Å². The van der Waals surface area contributed by atoms with Crippen LogP contribution in [0.25, 0.3) is 0 Å². The van der Waals surface area contributed by atoms with Gasteiger partial charge in [0.15, 0.2) is 0 Å². The summed E-state index contributed by atoms with van der Waals surface area (Å²) in [6, 6.07) is 0.635. The SMILES string of the molecule is CC(N)CCCC(C)C(=O)N1CC(C)CC(C)C1C. The molecule has 2 N–H and O–H groups in total. The van der Waals surface area contributed by atoms with E-state index >= 15 is 0 Å². The minimum absolute atomic E-state index is 0.138. The quantitative estimate of drug-likeness (QED) is 0.833. The zero-order valence-corrected chi connectivity index (χ0v) is 13.4. The fourth-order valence-corrected chi connectivity index (χ4v) is 3.16. The first-order valence-electron chi connectivity index (χ1n) is 7.89. The topological polar surface area (TPSA) is 46.3 Å². The molecule has 0 aromatic heterocycles. The Morgan fingerprint density at radius 3 is 2.47 bits per heavy atom. The molecule has 1 aliphatic heterocycles. The number of carbonyl (C=O) groups is 1. The van der Waals surface area contributed by atoms with Crippen molar-refractivity contribution >= 4 is 5.91 Å². The molecule has 0 bridgehead atoms. The van der Waals surface area contributed by atoms with Gasteiger partial charge in [0.2, 0.25) is 5.91 Å². The molecule has 3 nitrogen and oxygen atoms in total. The lowest BCUT2D eigenvalue weighted by Gasteiger charge is -2.42. The molecular formula is C16H32N2O. The molecule has 0 spiro atoms. The van der Waals surface area contributed by atoms with Gasteiger partial charge in [-0.2, -0.15) is 0 Å². The van der Waals surface area contributed by atoms with Crippen LogP contribution >= 0.6 is 0 Å². The number of amides is 1. The zero-order valence-electron chi connectivity index (χ0n) is 13.4. The number of nitrogens with zero attached hydrogens (tertiary/aromatic N) is 1. The minimum Gasteiger partial charge on any atom is -0.339 e. The minimum atomic E-state index is 0.138. The van der Waals surface area contributed by atoms with Gasteiger partial charge in [-0.15, -0.1) is 0 Å². The summed E-state index contributed by atoms with van der Waals surface area (Å²) >= 11 is 0. The Morgan fingerprint density at radius 2 is 1.89 bits per heavy atom. The van der Waals surface area contributed by atoms with Crippen molar-refractivity contribution in [3.63, 3.8) is 0 Å². The van der Waals surface area contributed by atoms with Gasteiger partial charge in [-0.05, 0) is 44.9 Å². The molecule has 112 valence electrons. The third-order valence-corrected chi connectivity index (χ3v) is 4.60. The van der Waals surface area contributed by atoms with Crippen LogP contribution in [0, 0.1) is 17.8 Å². The summed E-state index contributed by atoms with van der Waals surface area (Å²) in [6.07, 6.45) is 4.27. The van der Waals surface area contributed by atoms with Gasteiger partial charge < -0.3 is 10.6 Å². The van der Waals surface area contributed by atoms with Crippen LogP contribution in [0.5, 0.6) is 0 Å². The van der Waals surface area contributed by atoms with Crippen molar-refractivity contribution in [1.29, 1.82) is 0 Å². The van der Waals surface area contributed by atoms with Gasteiger partial charge in [-0.3, -0.25) is 4.79 Å². The van der Waals surface area contributed by atoms with Crippen molar-refractivity contribution in [1.82, 2.24) is 4.90 Å². The zero-order chi connectivity index (χ0) is 14.6. The maximum atomic E-state index is 12.6. The van der Waals surface area contributed by atoms with Crippen LogP contribution in [-0.4, -0.2) is 29.4 Å². The van der Waals surface area contributed by atoms with E-state index in [0.717, 1.165) is 25.8 Å². The van der Waals surface area contributed by atoms with Crippen molar-refractivity contribution in [3.05, 3.63) is 0 Å². The standard InChI is InChI=1S/C16H32N2O/c1-11-9-13(3)15(5)18(10-11)16(19)12(2)7-6-8-14(4)17/h11-15H,6-10,17H2,1-5H3. The van der Waals surface area contributed by atoms with Gasteiger partial charge in [0, 0.05) is 24.5 Å². The summed E-state index contributed by atoms with van der Waals surface area (Å²) in [7, 11) is 0. The number of carbonyl (C=O) groups excluding carboxylic acids is 1. The van der Waals surface area contributed by atoms with E-state index in [0.29, 0.717) is 23.8 Å². The highest BCUT2D eigenvalue weighted by molar-refractivity contribution is 5.78. The monoisotopic (exact) mass is 268 g/mol. The first-order valence-corrected chi connectivity index (χ1v) is 7.89. The number of piperidine rings is 1. The number of rotatable bonds is 5. The van der Waals surface area contributed by atoms with E-state index < -0.39 is 0 Å². The summed E-state index contributed by atoms with van der Waals surface area (Å²) in [5.74, 6) is 1.73. The Morgan fingerprint density at radius 1 is 1.26 bits per heavy atom. The van der Waals surface area contributed by atoms with Gasteiger partial charge in [0.05, 0.1) is 0 Å². The number of hydrogen-bond acceptors (Lipinski definition) is 2. The highest BCUT2D eigenvalue weighted by Crippen LogP contribution is 2.28. The lowest BCUT2D eigenvalue weighted by Crippen LogP contribution is -2.50. The molecule has 1 saturated heterocycles. The molecule has 0 aliphatic carbocycles. The molecule has 5 unspecified atom stereocenters. The Balaban J connectivity index is 2.50. The van der Waals surface area contributed by atoms with Crippen molar-refractivity contribution < 1.29 is 4.79 Å². The van der Waals surface area contributed by atoms with Crippen LogP contribution in [0.3, 0.4) is 0 Å². The van der Waals surface area contributed by atoms with E-state index in [2.05, 4.69) is 32.6 Å². The fourth-order valence-electron chi connectivity index (χ4n) is 3.16. The lowest BCUT2D eigenvalue weighted by molar-refractivity contribution is -0.141. The average molecular weight is 268 g/mol. The highest BCUT2D eigenvalue weighted by atomic mass is 16.2. The molecule has 1 heterocycles. The van der Waals surface area contributed by atoms with E-state index in [1.807, 2.05) is 6.92 Å². The third kappa shape index (κ3) is 4.79. The normalized spacial score (nSPS) is 31.1. The Hall–Kier alpha value is -0.570. The molecule has 0 aromatic carbocycles. The maximum absolute atomic E-state index is 12.6. The van der Waals surface area contributed by atoms with Gasteiger partial charge in [0.25, 0.3) is 0 Å². The van der Waals surface area contributed by atoms with E-state index in [-0.39, 0.29) is 12.0 Å². The first-order chi connectivity index (χ1) is 8.82. The molecule has 3 heteroatoms. The van der Waals surface area contributed by atoms with E-state index in [1.165, 1.54) is 6.42 Å². The largest absolute Gasteiger partial charge is 0.339 e. The summed E-state index contributed by atoms with van der Waals surface area (Å²) < 4.78 is 0. The summed E-state index contributed by atoms with van der Waals surface area (Å²) in [4.78, 5) is 14.7. The van der Waals surface area contributed by atoms with Crippen molar-refractivity contribution in [3.8, 4) is 0 Å². The summed E-state index contributed by atoms with van der Waals surface area (Å²) in [6.45, 7) is 11.7. The predicted molar refractivity (Wildman–Crippen MR) is 80.8 cm³/mol. The molecule has 1 fully saturated rings. The van der Waals surface area contributed by atoms with E-state index in [1.54, 1.807) is 0 Å². The molecule has 1 amide bonds. The molecule has 0 saturated carbocycles. The van der Waals surface area contributed by atoms with Crippen molar-refractivity contribution in [2.45, 2.75) is 72.4 Å². The molecular weight excluding hydrogens is 236 g/mol. The van der Waals surface area contributed by atoms with Crippen LogP contribution in [-0.2, 0) is 4.79 Å². The first kappa shape index (κ1) is 16.5. The summed E-state index contributed by atoms with van der Waals surface area (Å²) in [5, 5.41) is 0. The highest BCUT2D eigenvalue weighted by Gasteiger charge is 2.33. The van der Waals surface area contributed by atoms with Gasteiger partial charge in [-0.1, -0.05) is 27.2 Å². The average Bonchev–Trinajstić information content (AvgIpc) is 2.32. The summed E-state index contributed by atoms with van der Waals surface area (Å²) in [5.41, 5.74) is 5.76. The second-order valence-electron chi connectivity index (χ2n) is 6.86. The molecule has 1 aliphatic rings. The Kier molecular flexibility index (Phi) is 6.31. The predicted octanol–water partition coefficient (Wildman–Crippen LogP) is 3.03. The third-order valence-electron chi connectivity index (χ3n) is 4.60. The molecule has 5 atom stereocenters. The van der Waals surface area contributed by atoms with Crippen LogP contribution in [0.1, 0.15) is 60.3 Å². The van der Waals surface area contributed by atoms with E-state index in [4.69, 9.17) is 5.73 Å². The number of hydrogen-bond donors (Lipinski definition) is 1. The van der Waals surface area contributed by atoms with Crippen LogP contribution in [0.15, 0.2) is 0 Å². The van der Waals surface area contributed by atoms with E-state index in [9.17, 15) is 4.79 Å². The van der Waals surface area contributed by atoms with Crippen LogP contribution < -0.4 is 5.73 Å². The molecule has 0 radical (unpaired) electrons. The van der Waals surface area contributed by atoms with Crippen LogP contribution in [0.4, 0.5) is 0 Å². The van der Waals surface area contributed by atoms with Gasteiger partial charge in [-0.25, -0.2) is 0 Å². The fraction of sp³-hybridized carbons (Fsp3) is 0.938. The smallest absolute Gasteiger partial charge is 0.225 e. The van der Waals surface area contributed by atoms with Crippen molar-refractivity contribution in [2.75, 3.05) is 6.54 Å². The number of likely N-dealkylation sites (tertiary alicyclic amines) is 1. The van der Waals surface area contributed by atoms with Gasteiger partial charge >= 0.3 is 0 Å². The number of nitrogens with two attached hydrogens (primary N) is 1. The Bertz CT molecular complexity index is 290. The second kappa shape index (κ2) is 7.28. The van der Waals surface area contributed by atoms with Crippen molar-refractivity contribution in [2.24, 2.45) is 23.5 Å². The molecule has 0 aromatic rings. The van der Waals surface area contributed by atoms with Crippen LogP contribution in [0.2, 0.25) is 0 Å². The molecule has 1 rings (SSSR count). The second-order valence-corrected chi connectivity index (χ2v) is 6.86. The lowest BCUT2D eigenvalue weighted by atomic mass is 9.85. The maximum Gasteiger partial charge on any atom is 0.225 e. The van der Waals surface area contributed by atoms with Gasteiger partial charge in [0.1, 0.15) is 0 Å².